The Hall–Kier alpha value is -1.81. The van der Waals surface area contributed by atoms with Crippen molar-refractivity contribution in [2.75, 3.05) is 33.4 Å². The first-order valence-electron chi connectivity index (χ1n) is 7.69. The summed E-state index contributed by atoms with van der Waals surface area (Å²) in [7, 11) is -2.11. The van der Waals surface area contributed by atoms with Crippen LogP contribution >= 0.6 is 0 Å². The number of rotatable bonds is 7. The number of benzene rings is 1. The molecule has 3 rings (SSSR count). The van der Waals surface area contributed by atoms with Crippen LogP contribution < -0.4 is 0 Å². The van der Waals surface area contributed by atoms with Crippen LogP contribution in [0.5, 0.6) is 0 Å². The Kier molecular flexibility index (Phi) is 5.24. The van der Waals surface area contributed by atoms with Crippen LogP contribution in [-0.2, 0) is 19.5 Å². The maximum atomic E-state index is 12.7. The van der Waals surface area contributed by atoms with Crippen LogP contribution in [0.2, 0.25) is 0 Å². The average Bonchev–Trinajstić information content (AvgIpc) is 3.26. The Balaban J connectivity index is 1.69. The molecule has 0 aliphatic carbocycles. The zero-order valence-electron chi connectivity index (χ0n) is 13.4. The summed E-state index contributed by atoms with van der Waals surface area (Å²) in [6.45, 7) is 1.66. The molecule has 1 aliphatic rings. The Morgan fingerprint density at radius 1 is 1.25 bits per heavy atom. The maximum absolute atomic E-state index is 12.7. The van der Waals surface area contributed by atoms with Gasteiger partial charge in [0.1, 0.15) is 6.33 Å². The number of sulfonamides is 1. The van der Waals surface area contributed by atoms with Gasteiger partial charge in [0.2, 0.25) is 0 Å². The molecule has 1 atom stereocenters. The van der Waals surface area contributed by atoms with Gasteiger partial charge in [-0.25, -0.2) is 18.1 Å². The lowest BCUT2D eigenvalue weighted by atomic mass is 10.3. The molecule has 8 nitrogen and oxygen atoms in total. The predicted molar refractivity (Wildman–Crippen MR) is 86.4 cm³/mol. The fourth-order valence-electron chi connectivity index (χ4n) is 2.54. The van der Waals surface area contributed by atoms with Gasteiger partial charge in [0.05, 0.1) is 25.0 Å². The molecular weight excluding hydrogens is 332 g/mol. The van der Waals surface area contributed by atoms with Crippen LogP contribution in [-0.4, -0.2) is 67.0 Å². The largest absolute Gasteiger partial charge is 0.382 e. The average molecular weight is 352 g/mol. The number of para-hydroxylation sites is 1. The summed E-state index contributed by atoms with van der Waals surface area (Å²) in [5, 5.41) is 3.92. The minimum absolute atomic E-state index is 0.119. The van der Waals surface area contributed by atoms with E-state index in [2.05, 4.69) is 10.1 Å². The summed E-state index contributed by atoms with van der Waals surface area (Å²) in [5.41, 5.74) is 0.758. The number of ether oxygens (including phenoxy) is 2. The van der Waals surface area contributed by atoms with E-state index < -0.39 is 10.0 Å². The first kappa shape index (κ1) is 17.0. The summed E-state index contributed by atoms with van der Waals surface area (Å²) < 4.78 is 38.7. The molecule has 0 radical (unpaired) electrons. The monoisotopic (exact) mass is 352 g/mol. The minimum atomic E-state index is -3.71. The molecule has 0 saturated carbocycles. The number of methoxy groups -OCH3 is 1. The van der Waals surface area contributed by atoms with Gasteiger partial charge < -0.3 is 9.47 Å². The van der Waals surface area contributed by atoms with Crippen molar-refractivity contribution in [3.8, 4) is 5.69 Å². The molecule has 9 heteroatoms. The van der Waals surface area contributed by atoms with Gasteiger partial charge in [0.25, 0.3) is 15.2 Å². The Morgan fingerprint density at radius 3 is 2.79 bits per heavy atom. The van der Waals surface area contributed by atoms with E-state index in [4.69, 9.17) is 9.47 Å². The molecule has 24 heavy (non-hydrogen) atoms. The van der Waals surface area contributed by atoms with E-state index >= 15 is 0 Å². The van der Waals surface area contributed by atoms with Crippen LogP contribution in [0, 0.1) is 0 Å². The highest BCUT2D eigenvalue weighted by Crippen LogP contribution is 2.20. The molecule has 0 spiro atoms. The summed E-state index contributed by atoms with van der Waals surface area (Å²) in [5.74, 6) is 0. The van der Waals surface area contributed by atoms with Crippen molar-refractivity contribution in [2.24, 2.45) is 0 Å². The first-order chi connectivity index (χ1) is 11.6. The summed E-state index contributed by atoms with van der Waals surface area (Å²) >= 11 is 0. The molecule has 0 bridgehead atoms. The predicted octanol–water partition coefficient (Wildman–Crippen LogP) is 0.693. The van der Waals surface area contributed by atoms with Crippen molar-refractivity contribution < 1.29 is 17.9 Å². The number of hydrogen-bond acceptors (Lipinski definition) is 6. The highest BCUT2D eigenvalue weighted by atomic mass is 32.2. The van der Waals surface area contributed by atoms with E-state index in [1.165, 1.54) is 15.3 Å². The number of aromatic nitrogens is 3. The number of hydrogen-bond donors (Lipinski definition) is 0. The second-order valence-electron chi connectivity index (χ2n) is 5.44. The summed E-state index contributed by atoms with van der Waals surface area (Å²) in [6.07, 6.45) is 1.94. The van der Waals surface area contributed by atoms with Crippen molar-refractivity contribution in [3.63, 3.8) is 0 Å². The summed E-state index contributed by atoms with van der Waals surface area (Å²) in [6, 6.07) is 9.26. The van der Waals surface area contributed by atoms with Crippen LogP contribution in [0.15, 0.2) is 41.8 Å². The Labute approximate surface area is 141 Å². The smallest absolute Gasteiger partial charge is 0.282 e. The van der Waals surface area contributed by atoms with Crippen molar-refractivity contribution in [3.05, 3.63) is 36.7 Å². The van der Waals surface area contributed by atoms with Crippen molar-refractivity contribution in [1.29, 1.82) is 0 Å². The molecule has 1 aromatic carbocycles. The molecule has 1 aromatic heterocycles. The van der Waals surface area contributed by atoms with Gasteiger partial charge in [0, 0.05) is 20.2 Å². The molecule has 2 aromatic rings. The third-order valence-corrected chi connectivity index (χ3v) is 5.47. The van der Waals surface area contributed by atoms with Crippen LogP contribution in [0.4, 0.5) is 0 Å². The molecule has 1 aliphatic heterocycles. The van der Waals surface area contributed by atoms with Crippen LogP contribution in [0.1, 0.15) is 6.42 Å². The van der Waals surface area contributed by atoms with Crippen molar-refractivity contribution in [2.45, 2.75) is 17.7 Å². The third kappa shape index (κ3) is 3.64. The Bertz CT molecular complexity index is 763. The van der Waals surface area contributed by atoms with E-state index in [0.717, 1.165) is 5.69 Å². The standard InChI is InChI=1S/C15H20N4O4S/c1-22-9-10-23-14-7-8-18(11-14)24(20,21)15-16-12-19(17-15)13-5-3-2-4-6-13/h2-6,12,14H,7-11H2,1H3. The first-order valence-corrected chi connectivity index (χ1v) is 9.13. The van der Waals surface area contributed by atoms with Crippen molar-refractivity contribution in [1.82, 2.24) is 19.1 Å². The highest BCUT2D eigenvalue weighted by molar-refractivity contribution is 7.89. The fraction of sp³-hybridized carbons (Fsp3) is 0.467. The lowest BCUT2D eigenvalue weighted by Gasteiger charge is -2.14. The molecule has 0 amide bonds. The normalized spacial score (nSPS) is 19.0. The maximum Gasteiger partial charge on any atom is 0.282 e. The molecule has 1 saturated heterocycles. The zero-order valence-corrected chi connectivity index (χ0v) is 14.2. The lowest BCUT2D eigenvalue weighted by molar-refractivity contribution is 0.0249. The Morgan fingerprint density at radius 2 is 2.04 bits per heavy atom. The van der Waals surface area contributed by atoms with Crippen LogP contribution in [0.25, 0.3) is 5.69 Å². The second kappa shape index (κ2) is 7.39. The van der Waals surface area contributed by atoms with Crippen LogP contribution in [0.3, 0.4) is 0 Å². The van der Waals surface area contributed by atoms with E-state index in [-0.39, 0.29) is 11.3 Å². The molecular formula is C15H20N4O4S. The fourth-order valence-corrected chi connectivity index (χ4v) is 3.85. The van der Waals surface area contributed by atoms with Gasteiger partial charge in [-0.3, -0.25) is 0 Å². The zero-order chi connectivity index (χ0) is 17.0. The topological polar surface area (TPSA) is 86.5 Å². The molecule has 0 N–H and O–H groups in total. The van der Waals surface area contributed by atoms with Gasteiger partial charge in [-0.15, -0.1) is 5.10 Å². The molecule has 1 fully saturated rings. The van der Waals surface area contributed by atoms with E-state index in [1.807, 2.05) is 30.3 Å². The molecule has 130 valence electrons. The lowest BCUT2D eigenvalue weighted by Crippen LogP contribution is -2.31. The third-order valence-electron chi connectivity index (χ3n) is 3.81. The number of nitrogens with zero attached hydrogens (tertiary/aromatic N) is 4. The second-order valence-corrected chi connectivity index (χ2v) is 7.28. The molecule has 2 heterocycles. The van der Waals surface area contributed by atoms with E-state index in [0.29, 0.717) is 32.7 Å². The van der Waals surface area contributed by atoms with Gasteiger partial charge in [0.15, 0.2) is 0 Å². The summed E-state index contributed by atoms with van der Waals surface area (Å²) in [4.78, 5) is 3.97. The quantitative estimate of drug-likeness (QED) is 0.682. The van der Waals surface area contributed by atoms with E-state index in [1.54, 1.807) is 7.11 Å². The minimum Gasteiger partial charge on any atom is -0.382 e. The highest BCUT2D eigenvalue weighted by Gasteiger charge is 2.35. The van der Waals surface area contributed by atoms with Gasteiger partial charge in [-0.2, -0.15) is 4.31 Å². The van der Waals surface area contributed by atoms with Gasteiger partial charge in [-0.1, -0.05) is 18.2 Å². The van der Waals surface area contributed by atoms with Gasteiger partial charge in [-0.05, 0) is 18.6 Å². The SMILES string of the molecule is COCCOC1CCN(S(=O)(=O)c2ncn(-c3ccccc3)n2)C1. The van der Waals surface area contributed by atoms with Crippen molar-refractivity contribution >= 4 is 10.0 Å². The molecule has 1 unspecified atom stereocenters. The van der Waals surface area contributed by atoms with E-state index in [9.17, 15) is 8.42 Å². The van der Waals surface area contributed by atoms with Gasteiger partial charge >= 0.3 is 0 Å².